The zero-order valence-corrected chi connectivity index (χ0v) is 17.6. The number of thioether (sulfide) groups is 1. The van der Waals surface area contributed by atoms with Crippen molar-refractivity contribution in [3.63, 3.8) is 0 Å². The van der Waals surface area contributed by atoms with Crippen LogP contribution in [0.4, 0.5) is 0 Å². The standard InChI is InChI=1S/C21H17ClN4O2S/c1-11-8-17-19(27-11)9-18-21(25-24-13(3)26(17)18)29-10-16-12(2)28-20(23-16)14-4-6-15(22)7-5-14/h4-9H,10H2,1-3H3. The summed E-state index contributed by atoms with van der Waals surface area (Å²) in [5.41, 5.74) is 4.61. The van der Waals surface area contributed by atoms with Gasteiger partial charge >= 0.3 is 0 Å². The van der Waals surface area contributed by atoms with Crippen molar-refractivity contribution in [1.82, 2.24) is 19.6 Å². The molecule has 0 unspecified atom stereocenters. The second kappa shape index (κ2) is 6.93. The Labute approximate surface area is 175 Å². The molecule has 29 heavy (non-hydrogen) atoms. The van der Waals surface area contributed by atoms with Crippen LogP contribution in [0, 0.1) is 20.8 Å². The van der Waals surface area contributed by atoms with E-state index in [-0.39, 0.29) is 0 Å². The zero-order valence-electron chi connectivity index (χ0n) is 16.1. The second-order valence-corrected chi connectivity index (χ2v) is 8.24. The third kappa shape index (κ3) is 3.20. The molecule has 0 saturated carbocycles. The topological polar surface area (TPSA) is 69.4 Å². The molecule has 0 radical (unpaired) electrons. The predicted molar refractivity (Wildman–Crippen MR) is 113 cm³/mol. The molecule has 0 atom stereocenters. The third-order valence-electron chi connectivity index (χ3n) is 4.77. The molecule has 6 nitrogen and oxygen atoms in total. The monoisotopic (exact) mass is 424 g/mol. The molecule has 0 spiro atoms. The van der Waals surface area contributed by atoms with Crippen LogP contribution >= 0.6 is 23.4 Å². The Morgan fingerprint density at radius 2 is 1.79 bits per heavy atom. The molecule has 0 fully saturated rings. The van der Waals surface area contributed by atoms with Gasteiger partial charge in [0.1, 0.15) is 22.4 Å². The first-order chi connectivity index (χ1) is 14.0. The van der Waals surface area contributed by atoms with Crippen molar-refractivity contribution in [2.75, 3.05) is 0 Å². The van der Waals surface area contributed by atoms with E-state index in [9.17, 15) is 0 Å². The molecule has 0 N–H and O–H groups in total. The smallest absolute Gasteiger partial charge is 0.226 e. The van der Waals surface area contributed by atoms with Gasteiger partial charge in [-0.15, -0.1) is 10.2 Å². The third-order valence-corrected chi connectivity index (χ3v) is 6.00. The molecule has 1 aromatic carbocycles. The van der Waals surface area contributed by atoms with Crippen LogP contribution in [0.15, 0.2) is 50.3 Å². The van der Waals surface area contributed by atoms with Crippen molar-refractivity contribution in [3.05, 3.63) is 64.5 Å². The summed E-state index contributed by atoms with van der Waals surface area (Å²) in [7, 11) is 0. The van der Waals surface area contributed by atoms with Gasteiger partial charge in [-0.05, 0) is 45.0 Å². The number of benzene rings is 1. The summed E-state index contributed by atoms with van der Waals surface area (Å²) in [6.45, 7) is 5.81. The Bertz CT molecular complexity index is 1350. The maximum Gasteiger partial charge on any atom is 0.226 e. The molecule has 0 aliphatic carbocycles. The van der Waals surface area contributed by atoms with Gasteiger partial charge in [-0.25, -0.2) is 4.98 Å². The first-order valence-corrected chi connectivity index (χ1v) is 10.5. The number of aryl methyl sites for hydroxylation is 3. The van der Waals surface area contributed by atoms with Crippen LogP contribution in [0.1, 0.15) is 23.0 Å². The van der Waals surface area contributed by atoms with Gasteiger partial charge in [-0.2, -0.15) is 0 Å². The SMILES string of the molecule is Cc1cc2c(cc3c(SCc4nc(-c5ccc(Cl)cc5)oc4C)nnc(C)n32)o1. The van der Waals surface area contributed by atoms with Gasteiger partial charge in [-0.3, -0.25) is 4.40 Å². The minimum atomic E-state index is 0.588. The Kier molecular flexibility index (Phi) is 4.37. The van der Waals surface area contributed by atoms with E-state index in [1.165, 1.54) is 0 Å². The number of furan rings is 1. The minimum absolute atomic E-state index is 0.588. The molecule has 8 heteroatoms. The summed E-state index contributed by atoms with van der Waals surface area (Å²) >= 11 is 7.55. The lowest BCUT2D eigenvalue weighted by Crippen LogP contribution is -2.00. The van der Waals surface area contributed by atoms with Crippen molar-refractivity contribution in [1.29, 1.82) is 0 Å². The quantitative estimate of drug-likeness (QED) is 0.329. The van der Waals surface area contributed by atoms with Crippen LogP contribution in [0.25, 0.3) is 28.1 Å². The summed E-state index contributed by atoms with van der Waals surface area (Å²) in [5.74, 6) is 3.71. The van der Waals surface area contributed by atoms with E-state index in [1.54, 1.807) is 11.8 Å². The number of oxazole rings is 1. The first kappa shape index (κ1) is 18.3. The van der Waals surface area contributed by atoms with Crippen LogP contribution < -0.4 is 0 Å². The van der Waals surface area contributed by atoms with E-state index in [0.717, 1.165) is 50.2 Å². The highest BCUT2D eigenvalue weighted by molar-refractivity contribution is 7.98. The minimum Gasteiger partial charge on any atom is -0.460 e. The lowest BCUT2D eigenvalue weighted by atomic mass is 10.2. The molecule has 5 rings (SSSR count). The normalized spacial score (nSPS) is 11.7. The van der Waals surface area contributed by atoms with Crippen molar-refractivity contribution in [2.24, 2.45) is 0 Å². The van der Waals surface area contributed by atoms with Gasteiger partial charge in [0, 0.05) is 28.5 Å². The van der Waals surface area contributed by atoms with E-state index < -0.39 is 0 Å². The van der Waals surface area contributed by atoms with Gasteiger partial charge < -0.3 is 8.83 Å². The largest absolute Gasteiger partial charge is 0.460 e. The Balaban J connectivity index is 1.46. The lowest BCUT2D eigenvalue weighted by Gasteiger charge is -2.04. The molecule has 5 aromatic rings. The van der Waals surface area contributed by atoms with Crippen molar-refractivity contribution < 1.29 is 8.83 Å². The number of aromatic nitrogens is 4. The van der Waals surface area contributed by atoms with E-state index >= 15 is 0 Å². The molecule has 0 aliphatic heterocycles. The van der Waals surface area contributed by atoms with Crippen LogP contribution in [-0.4, -0.2) is 19.6 Å². The molecule has 0 saturated heterocycles. The molecule has 4 heterocycles. The van der Waals surface area contributed by atoms with Crippen molar-refractivity contribution >= 4 is 40.0 Å². The molecule has 0 amide bonds. The fourth-order valence-electron chi connectivity index (χ4n) is 3.35. The van der Waals surface area contributed by atoms with Gasteiger partial charge in [0.05, 0.1) is 16.7 Å². The van der Waals surface area contributed by atoms with E-state index in [1.807, 2.05) is 57.2 Å². The molecule has 4 aromatic heterocycles. The highest BCUT2D eigenvalue weighted by atomic mass is 35.5. The fraction of sp³-hybridized carbons (Fsp3) is 0.190. The summed E-state index contributed by atoms with van der Waals surface area (Å²) in [5, 5.41) is 10.2. The molecule has 0 bridgehead atoms. The number of halogens is 1. The number of fused-ring (bicyclic) bond motifs is 3. The predicted octanol–water partition coefficient (Wildman–Crippen LogP) is 6.00. The summed E-state index contributed by atoms with van der Waals surface area (Å²) in [6, 6.07) is 11.5. The number of rotatable bonds is 4. The van der Waals surface area contributed by atoms with E-state index in [2.05, 4.69) is 19.6 Å². The molecule has 146 valence electrons. The lowest BCUT2D eigenvalue weighted by molar-refractivity contribution is 0.540. The van der Waals surface area contributed by atoms with Crippen molar-refractivity contribution in [2.45, 2.75) is 31.6 Å². The van der Waals surface area contributed by atoms with Gasteiger partial charge in [0.25, 0.3) is 0 Å². The van der Waals surface area contributed by atoms with Crippen LogP contribution in [0.5, 0.6) is 0 Å². The highest BCUT2D eigenvalue weighted by Gasteiger charge is 2.17. The second-order valence-electron chi connectivity index (χ2n) is 6.84. The van der Waals surface area contributed by atoms with Crippen LogP contribution in [0.3, 0.4) is 0 Å². The van der Waals surface area contributed by atoms with Crippen LogP contribution in [0.2, 0.25) is 5.02 Å². The summed E-state index contributed by atoms with van der Waals surface area (Å²) < 4.78 is 13.7. The summed E-state index contributed by atoms with van der Waals surface area (Å²) in [6.07, 6.45) is 0. The molecule has 0 aliphatic rings. The maximum atomic E-state index is 5.97. The highest BCUT2D eigenvalue weighted by Crippen LogP contribution is 2.32. The van der Waals surface area contributed by atoms with E-state index in [4.69, 9.17) is 20.4 Å². The zero-order chi connectivity index (χ0) is 20.1. The van der Waals surface area contributed by atoms with E-state index in [0.29, 0.717) is 16.7 Å². The number of nitrogens with zero attached hydrogens (tertiary/aromatic N) is 4. The number of hydrogen-bond acceptors (Lipinski definition) is 6. The fourth-order valence-corrected chi connectivity index (χ4v) is 4.42. The Morgan fingerprint density at radius 1 is 1.00 bits per heavy atom. The first-order valence-electron chi connectivity index (χ1n) is 9.09. The van der Waals surface area contributed by atoms with Gasteiger partial charge in [-0.1, -0.05) is 23.4 Å². The Hall–Kier alpha value is -2.77. The molecular weight excluding hydrogens is 408 g/mol. The van der Waals surface area contributed by atoms with Gasteiger partial charge in [0.15, 0.2) is 5.58 Å². The van der Waals surface area contributed by atoms with Crippen LogP contribution in [-0.2, 0) is 5.75 Å². The number of hydrogen-bond donors (Lipinski definition) is 0. The van der Waals surface area contributed by atoms with Crippen molar-refractivity contribution in [3.8, 4) is 11.5 Å². The maximum absolute atomic E-state index is 5.97. The summed E-state index contributed by atoms with van der Waals surface area (Å²) in [4.78, 5) is 4.66. The van der Waals surface area contributed by atoms with Gasteiger partial charge in [0.2, 0.25) is 5.89 Å². The average Bonchev–Trinajstić information content (AvgIpc) is 3.34. The Morgan fingerprint density at radius 3 is 2.59 bits per heavy atom. The molecular formula is C21H17ClN4O2S. The average molecular weight is 425 g/mol.